The number of carbonyl (C=O) groups is 1. The van der Waals surface area contributed by atoms with Gasteiger partial charge in [0.2, 0.25) is 0 Å². The Morgan fingerprint density at radius 3 is 2.55 bits per heavy atom. The summed E-state index contributed by atoms with van der Waals surface area (Å²) < 4.78 is 0. The van der Waals surface area contributed by atoms with Gasteiger partial charge in [0.05, 0.1) is 5.92 Å². The molecule has 0 aliphatic heterocycles. The smallest absolute Gasteiger partial charge is 0.308 e. The van der Waals surface area contributed by atoms with Crippen molar-refractivity contribution in [2.45, 2.75) is 38.1 Å². The van der Waals surface area contributed by atoms with Gasteiger partial charge < -0.3 is 10.8 Å². The molecule has 3 N–H and O–H groups in total. The maximum absolute atomic E-state index is 10.6. The van der Waals surface area contributed by atoms with Crippen molar-refractivity contribution in [2.75, 3.05) is 0 Å². The highest BCUT2D eigenvalue weighted by molar-refractivity contribution is 5.70. The van der Waals surface area contributed by atoms with Crippen molar-refractivity contribution in [3.05, 3.63) is 0 Å². The first kappa shape index (κ1) is 8.53. The van der Waals surface area contributed by atoms with Crippen LogP contribution in [0.5, 0.6) is 0 Å². The molecule has 0 unspecified atom stereocenters. The number of nitrogens with two attached hydrogens (primary N) is 1. The van der Waals surface area contributed by atoms with E-state index in [4.69, 9.17) is 10.8 Å². The molecule has 64 valence electrons. The van der Waals surface area contributed by atoms with Gasteiger partial charge in [0.25, 0.3) is 0 Å². The minimum Gasteiger partial charge on any atom is -0.481 e. The average Bonchev–Trinajstić information content (AvgIpc) is 2.13. The van der Waals surface area contributed by atoms with Gasteiger partial charge in [-0.25, -0.2) is 0 Å². The minimum absolute atomic E-state index is 0.116. The fourth-order valence-corrected chi connectivity index (χ4v) is 1.64. The Hall–Kier alpha value is -0.570. The molecule has 0 heterocycles. The van der Waals surface area contributed by atoms with Crippen LogP contribution >= 0.6 is 0 Å². The lowest BCUT2D eigenvalue weighted by Gasteiger charge is -2.15. The van der Waals surface area contributed by atoms with Crippen LogP contribution in [0.1, 0.15) is 32.1 Å². The number of rotatable bonds is 1. The van der Waals surface area contributed by atoms with Crippen molar-refractivity contribution in [1.82, 2.24) is 0 Å². The van der Waals surface area contributed by atoms with Crippen molar-refractivity contribution >= 4 is 5.97 Å². The van der Waals surface area contributed by atoms with E-state index in [9.17, 15) is 4.79 Å². The first-order valence-corrected chi connectivity index (χ1v) is 4.20. The minimum atomic E-state index is -0.723. The fourth-order valence-electron chi connectivity index (χ4n) is 1.64. The molecule has 0 aromatic carbocycles. The SMILES string of the molecule is N[C@H]1CCCCC[C@H]1C(=O)O. The van der Waals surface area contributed by atoms with Crippen LogP contribution in [0.15, 0.2) is 0 Å². The molecule has 0 saturated heterocycles. The number of carboxylic acid groups (broad SMARTS) is 1. The van der Waals surface area contributed by atoms with Gasteiger partial charge in [-0.1, -0.05) is 19.3 Å². The molecule has 0 radical (unpaired) electrons. The van der Waals surface area contributed by atoms with Crippen molar-refractivity contribution in [3.8, 4) is 0 Å². The van der Waals surface area contributed by atoms with Gasteiger partial charge in [0.1, 0.15) is 0 Å². The van der Waals surface area contributed by atoms with E-state index in [2.05, 4.69) is 0 Å². The van der Waals surface area contributed by atoms with Crippen LogP contribution in [-0.4, -0.2) is 17.1 Å². The monoisotopic (exact) mass is 157 g/mol. The summed E-state index contributed by atoms with van der Waals surface area (Å²) in [5.74, 6) is -1.02. The predicted octanol–water partition coefficient (Wildman–Crippen LogP) is 0.979. The first-order chi connectivity index (χ1) is 5.22. The van der Waals surface area contributed by atoms with Gasteiger partial charge in [0.15, 0.2) is 0 Å². The first-order valence-electron chi connectivity index (χ1n) is 4.20. The summed E-state index contributed by atoms with van der Waals surface area (Å²) in [5.41, 5.74) is 5.70. The summed E-state index contributed by atoms with van der Waals surface area (Å²) in [7, 11) is 0. The molecule has 0 spiro atoms. The third-order valence-corrected chi connectivity index (χ3v) is 2.39. The summed E-state index contributed by atoms with van der Waals surface area (Å²) in [6.45, 7) is 0. The Bertz CT molecular complexity index is 147. The topological polar surface area (TPSA) is 63.3 Å². The van der Waals surface area contributed by atoms with Crippen LogP contribution in [0.25, 0.3) is 0 Å². The highest BCUT2D eigenvalue weighted by atomic mass is 16.4. The second-order valence-electron chi connectivity index (χ2n) is 3.25. The van der Waals surface area contributed by atoms with Crippen molar-refractivity contribution in [3.63, 3.8) is 0 Å². The summed E-state index contributed by atoms with van der Waals surface area (Å²) in [6.07, 6.45) is 4.88. The van der Waals surface area contributed by atoms with E-state index >= 15 is 0 Å². The molecule has 11 heavy (non-hydrogen) atoms. The van der Waals surface area contributed by atoms with Crippen LogP contribution in [-0.2, 0) is 4.79 Å². The Kier molecular flexibility index (Phi) is 2.88. The standard InChI is InChI=1S/C8H15NO2/c9-7-5-3-1-2-4-6(7)8(10)11/h6-7H,1-5,9H2,(H,10,11)/t6-,7+/m1/s1. The van der Waals surface area contributed by atoms with E-state index in [1.165, 1.54) is 0 Å². The number of hydrogen-bond donors (Lipinski definition) is 2. The maximum Gasteiger partial charge on any atom is 0.308 e. The van der Waals surface area contributed by atoms with Crippen LogP contribution in [0.3, 0.4) is 0 Å². The van der Waals surface area contributed by atoms with Gasteiger partial charge in [-0.05, 0) is 12.8 Å². The molecular formula is C8H15NO2. The molecule has 0 aromatic heterocycles. The third kappa shape index (κ3) is 2.19. The van der Waals surface area contributed by atoms with E-state index in [0.29, 0.717) is 0 Å². The number of aliphatic carboxylic acids is 1. The van der Waals surface area contributed by atoms with E-state index in [1.54, 1.807) is 0 Å². The lowest BCUT2D eigenvalue weighted by atomic mass is 9.96. The zero-order valence-electron chi connectivity index (χ0n) is 6.62. The Morgan fingerprint density at radius 2 is 1.91 bits per heavy atom. The van der Waals surface area contributed by atoms with Gasteiger partial charge in [-0.3, -0.25) is 4.79 Å². The molecule has 3 nitrogen and oxygen atoms in total. The molecule has 1 saturated carbocycles. The van der Waals surface area contributed by atoms with Crippen LogP contribution in [0, 0.1) is 5.92 Å². The van der Waals surface area contributed by atoms with Crippen molar-refractivity contribution in [1.29, 1.82) is 0 Å². The third-order valence-electron chi connectivity index (χ3n) is 2.39. The number of carboxylic acids is 1. The molecule has 1 aliphatic rings. The van der Waals surface area contributed by atoms with E-state index < -0.39 is 5.97 Å². The summed E-state index contributed by atoms with van der Waals surface area (Å²) >= 11 is 0. The number of hydrogen-bond acceptors (Lipinski definition) is 2. The predicted molar refractivity (Wildman–Crippen MR) is 42.2 cm³/mol. The molecule has 0 bridgehead atoms. The quantitative estimate of drug-likeness (QED) is 0.558. The zero-order chi connectivity index (χ0) is 8.27. The summed E-state index contributed by atoms with van der Waals surface area (Å²) in [6, 6.07) is -0.116. The fraction of sp³-hybridized carbons (Fsp3) is 0.875. The van der Waals surface area contributed by atoms with Gasteiger partial charge in [0, 0.05) is 6.04 Å². The summed E-state index contributed by atoms with van der Waals surface area (Å²) in [4.78, 5) is 10.6. The lowest BCUT2D eigenvalue weighted by Crippen LogP contribution is -2.34. The lowest BCUT2D eigenvalue weighted by molar-refractivity contribution is -0.142. The van der Waals surface area contributed by atoms with Gasteiger partial charge in [-0.2, -0.15) is 0 Å². The zero-order valence-corrected chi connectivity index (χ0v) is 6.62. The second-order valence-corrected chi connectivity index (χ2v) is 3.25. The Labute approximate surface area is 66.6 Å². The molecule has 3 heteroatoms. The highest BCUT2D eigenvalue weighted by Crippen LogP contribution is 2.21. The van der Waals surface area contributed by atoms with E-state index in [-0.39, 0.29) is 12.0 Å². The Balaban J connectivity index is 2.52. The normalized spacial score (nSPS) is 32.8. The second kappa shape index (κ2) is 3.72. The highest BCUT2D eigenvalue weighted by Gasteiger charge is 2.26. The van der Waals surface area contributed by atoms with Crippen molar-refractivity contribution < 1.29 is 9.90 Å². The van der Waals surface area contributed by atoms with Crippen molar-refractivity contribution in [2.24, 2.45) is 11.7 Å². The summed E-state index contributed by atoms with van der Waals surface area (Å²) in [5, 5.41) is 8.75. The molecule has 1 aliphatic carbocycles. The molecule has 1 rings (SSSR count). The molecule has 0 aromatic rings. The molecular weight excluding hydrogens is 142 g/mol. The van der Waals surface area contributed by atoms with E-state index in [1.807, 2.05) is 0 Å². The largest absolute Gasteiger partial charge is 0.481 e. The molecule has 2 atom stereocenters. The van der Waals surface area contributed by atoms with Crippen LogP contribution in [0.2, 0.25) is 0 Å². The molecule has 0 amide bonds. The average molecular weight is 157 g/mol. The van der Waals surface area contributed by atoms with Crippen LogP contribution in [0.4, 0.5) is 0 Å². The molecule has 1 fully saturated rings. The van der Waals surface area contributed by atoms with Gasteiger partial charge in [-0.15, -0.1) is 0 Å². The van der Waals surface area contributed by atoms with E-state index in [0.717, 1.165) is 32.1 Å². The Morgan fingerprint density at radius 1 is 1.27 bits per heavy atom. The van der Waals surface area contributed by atoms with Gasteiger partial charge >= 0.3 is 5.97 Å². The van der Waals surface area contributed by atoms with Crippen LogP contribution < -0.4 is 5.73 Å². The maximum atomic E-state index is 10.6.